The molecule has 0 amide bonds. The van der Waals surface area contributed by atoms with E-state index in [-0.39, 0.29) is 12.5 Å². The first-order valence-electron chi connectivity index (χ1n) is 10.3. The van der Waals surface area contributed by atoms with E-state index >= 15 is 0 Å². The predicted octanol–water partition coefficient (Wildman–Crippen LogP) is 2.29. The Balaban J connectivity index is 1.82. The molecule has 0 aromatic carbocycles. The molecule has 1 fully saturated rings. The molecule has 0 aromatic rings. The second-order valence-corrected chi connectivity index (χ2v) is 7.46. The topological polar surface area (TPSA) is 99.1 Å². The third kappa shape index (κ3) is 11.1. The number of aliphatic hydroxyl groups excluding tert-OH is 2. The van der Waals surface area contributed by atoms with Gasteiger partial charge < -0.3 is 29.6 Å². The van der Waals surface area contributed by atoms with Gasteiger partial charge in [0.15, 0.2) is 6.29 Å². The van der Waals surface area contributed by atoms with E-state index in [2.05, 4.69) is 0 Å². The Morgan fingerprint density at radius 3 is 1.96 bits per heavy atom. The third-order valence-electron chi connectivity index (χ3n) is 5.00. The maximum atomic E-state index is 10.3. The molecule has 0 aliphatic carbocycles. The number of carbonyl (C=O) groups is 1. The molecule has 0 unspecified atom stereocenters. The van der Waals surface area contributed by atoms with Crippen molar-refractivity contribution in [3.05, 3.63) is 0 Å². The molecular formula is C20H37O6-. The summed E-state index contributed by atoms with van der Waals surface area (Å²) in [6.07, 6.45) is 10.5. The van der Waals surface area contributed by atoms with Crippen molar-refractivity contribution in [2.45, 2.75) is 115 Å². The van der Waals surface area contributed by atoms with Gasteiger partial charge in [0.05, 0.1) is 12.2 Å². The van der Waals surface area contributed by atoms with E-state index < -0.39 is 24.5 Å². The molecule has 0 bridgehead atoms. The van der Waals surface area contributed by atoms with E-state index in [1.165, 1.54) is 38.5 Å². The highest BCUT2D eigenvalue weighted by atomic mass is 16.7. The molecule has 1 rings (SSSR count). The summed E-state index contributed by atoms with van der Waals surface area (Å²) >= 11 is 0. The zero-order valence-electron chi connectivity index (χ0n) is 16.2. The van der Waals surface area contributed by atoms with Crippen LogP contribution in [0.15, 0.2) is 0 Å². The van der Waals surface area contributed by atoms with Crippen LogP contribution in [-0.2, 0) is 14.3 Å². The number of rotatable bonds is 15. The minimum atomic E-state index is -0.939. The van der Waals surface area contributed by atoms with E-state index in [4.69, 9.17) is 9.47 Å². The maximum Gasteiger partial charge on any atom is 0.183 e. The predicted molar refractivity (Wildman–Crippen MR) is 97.3 cm³/mol. The molecule has 6 nitrogen and oxygen atoms in total. The number of unbranched alkanes of at least 4 members (excludes halogenated alkanes) is 10. The largest absolute Gasteiger partial charge is 0.550 e. The quantitative estimate of drug-likeness (QED) is 0.427. The summed E-state index contributed by atoms with van der Waals surface area (Å²) in [5.74, 6) is -0.939. The average molecular weight is 374 g/mol. The Labute approximate surface area is 157 Å². The van der Waals surface area contributed by atoms with Crippen LogP contribution in [-0.4, -0.2) is 47.4 Å². The Bertz CT molecular complexity index is 362. The first kappa shape index (κ1) is 23.3. The van der Waals surface area contributed by atoms with Crippen LogP contribution in [0.4, 0.5) is 0 Å². The van der Waals surface area contributed by atoms with Crippen molar-refractivity contribution in [2.75, 3.05) is 6.61 Å². The van der Waals surface area contributed by atoms with E-state index in [9.17, 15) is 20.1 Å². The molecule has 26 heavy (non-hydrogen) atoms. The van der Waals surface area contributed by atoms with Gasteiger partial charge in [-0.15, -0.1) is 0 Å². The van der Waals surface area contributed by atoms with Gasteiger partial charge in [0, 0.05) is 19.0 Å². The van der Waals surface area contributed by atoms with Gasteiger partial charge in [-0.05, 0) is 26.2 Å². The molecule has 0 saturated carbocycles. The van der Waals surface area contributed by atoms with Crippen molar-refractivity contribution in [1.82, 2.24) is 0 Å². The molecule has 0 spiro atoms. The zero-order chi connectivity index (χ0) is 19.2. The van der Waals surface area contributed by atoms with Crippen LogP contribution >= 0.6 is 0 Å². The molecule has 4 atom stereocenters. The smallest absolute Gasteiger partial charge is 0.183 e. The monoisotopic (exact) mass is 373 g/mol. The van der Waals surface area contributed by atoms with Crippen LogP contribution in [0.25, 0.3) is 0 Å². The fraction of sp³-hybridized carbons (Fsp3) is 0.950. The van der Waals surface area contributed by atoms with Crippen molar-refractivity contribution in [1.29, 1.82) is 0 Å². The minimum Gasteiger partial charge on any atom is -0.550 e. The number of aliphatic carboxylic acids is 1. The first-order valence-corrected chi connectivity index (χ1v) is 10.3. The summed E-state index contributed by atoms with van der Waals surface area (Å²) < 4.78 is 11.1. The van der Waals surface area contributed by atoms with E-state index in [1.54, 1.807) is 6.92 Å². The lowest BCUT2D eigenvalue weighted by atomic mass is 10.0. The van der Waals surface area contributed by atoms with Crippen LogP contribution < -0.4 is 5.11 Å². The van der Waals surface area contributed by atoms with Gasteiger partial charge in [0.2, 0.25) is 0 Å². The average Bonchev–Trinajstić information content (AvgIpc) is 2.59. The number of carboxylic acids is 1. The highest BCUT2D eigenvalue weighted by Crippen LogP contribution is 2.21. The van der Waals surface area contributed by atoms with E-state index in [0.717, 1.165) is 32.1 Å². The molecule has 1 aliphatic rings. The molecule has 154 valence electrons. The maximum absolute atomic E-state index is 10.3. The summed E-state index contributed by atoms with van der Waals surface area (Å²) in [7, 11) is 0. The first-order chi connectivity index (χ1) is 12.5. The SMILES string of the molecule is C[C@@H]1O[C@@H](OCCCCCCCCCCCCCC(=O)[O-])[C@H](O)C[C@H]1O. The second kappa shape index (κ2) is 14.4. The number of carboxylic acid groups (broad SMARTS) is 1. The summed E-state index contributed by atoms with van der Waals surface area (Å²) in [6.45, 7) is 2.37. The van der Waals surface area contributed by atoms with Crippen molar-refractivity contribution in [3.8, 4) is 0 Å². The lowest BCUT2D eigenvalue weighted by Crippen LogP contribution is -2.47. The number of aliphatic hydroxyl groups is 2. The van der Waals surface area contributed by atoms with Crippen LogP contribution in [0.5, 0.6) is 0 Å². The molecule has 1 saturated heterocycles. The van der Waals surface area contributed by atoms with Crippen LogP contribution in [0, 0.1) is 0 Å². The van der Waals surface area contributed by atoms with E-state index in [1.807, 2.05) is 0 Å². The Morgan fingerprint density at radius 1 is 0.923 bits per heavy atom. The lowest BCUT2D eigenvalue weighted by Gasteiger charge is -2.35. The van der Waals surface area contributed by atoms with Crippen molar-refractivity contribution in [2.24, 2.45) is 0 Å². The van der Waals surface area contributed by atoms with Gasteiger partial charge in [0.1, 0.15) is 6.10 Å². The van der Waals surface area contributed by atoms with Crippen LogP contribution in [0.2, 0.25) is 0 Å². The van der Waals surface area contributed by atoms with Gasteiger partial charge >= 0.3 is 0 Å². The Kier molecular flexibility index (Phi) is 12.9. The lowest BCUT2D eigenvalue weighted by molar-refractivity contribution is -0.305. The number of hydrogen-bond acceptors (Lipinski definition) is 6. The van der Waals surface area contributed by atoms with E-state index in [0.29, 0.717) is 13.0 Å². The minimum absolute atomic E-state index is 0.191. The highest BCUT2D eigenvalue weighted by Gasteiger charge is 2.34. The van der Waals surface area contributed by atoms with Gasteiger partial charge in [-0.25, -0.2) is 0 Å². The molecule has 2 N–H and O–H groups in total. The van der Waals surface area contributed by atoms with Crippen molar-refractivity contribution in [3.63, 3.8) is 0 Å². The Morgan fingerprint density at radius 2 is 1.42 bits per heavy atom. The summed E-state index contributed by atoms with van der Waals surface area (Å²) in [6, 6.07) is 0. The molecule has 1 aliphatic heterocycles. The number of hydrogen-bond donors (Lipinski definition) is 2. The van der Waals surface area contributed by atoms with Gasteiger partial charge in [-0.2, -0.15) is 0 Å². The number of ether oxygens (including phenoxy) is 2. The molecule has 1 heterocycles. The standard InChI is InChI=1S/C20H38O6/c1-16-17(21)15-18(22)20(26-16)25-14-12-10-8-6-4-2-3-5-7-9-11-13-19(23)24/h16-18,20-22H,2-15H2,1H3,(H,23,24)/p-1/t16-,17+,18+,20+/m0/s1. The zero-order valence-corrected chi connectivity index (χ0v) is 16.2. The highest BCUT2D eigenvalue weighted by molar-refractivity contribution is 5.63. The third-order valence-corrected chi connectivity index (χ3v) is 5.00. The molecule has 0 aromatic heterocycles. The molecule has 6 heteroatoms. The van der Waals surface area contributed by atoms with Crippen LogP contribution in [0.3, 0.4) is 0 Å². The van der Waals surface area contributed by atoms with Gasteiger partial charge in [-0.1, -0.05) is 57.8 Å². The second-order valence-electron chi connectivity index (χ2n) is 7.46. The summed E-state index contributed by atoms with van der Waals surface area (Å²) in [4.78, 5) is 10.3. The molecular weight excluding hydrogens is 336 g/mol. The van der Waals surface area contributed by atoms with Gasteiger partial charge in [0.25, 0.3) is 0 Å². The summed E-state index contributed by atoms with van der Waals surface area (Å²) in [5.41, 5.74) is 0. The van der Waals surface area contributed by atoms with Gasteiger partial charge in [-0.3, -0.25) is 0 Å². The number of carbonyl (C=O) groups excluding carboxylic acids is 1. The van der Waals surface area contributed by atoms with Crippen LogP contribution in [0.1, 0.15) is 90.4 Å². The Hall–Kier alpha value is -0.690. The normalized spacial score (nSPS) is 26.1. The summed E-state index contributed by atoms with van der Waals surface area (Å²) in [5, 5.41) is 29.7. The molecule has 0 radical (unpaired) electrons. The fourth-order valence-corrected chi connectivity index (χ4v) is 3.26. The fourth-order valence-electron chi connectivity index (χ4n) is 3.26. The van der Waals surface area contributed by atoms with Crippen molar-refractivity contribution >= 4 is 5.97 Å². The van der Waals surface area contributed by atoms with Crippen molar-refractivity contribution < 1.29 is 29.6 Å².